The average molecular weight is 475 g/mol. The van der Waals surface area contributed by atoms with Crippen molar-refractivity contribution in [2.75, 3.05) is 31.1 Å². The molecule has 3 heterocycles. The quantitative estimate of drug-likeness (QED) is 0.483. The van der Waals surface area contributed by atoms with Crippen molar-refractivity contribution in [2.24, 2.45) is 5.92 Å². The molecule has 35 heavy (non-hydrogen) atoms. The van der Waals surface area contributed by atoms with Crippen molar-refractivity contribution in [1.29, 1.82) is 0 Å². The zero-order chi connectivity index (χ0) is 24.2. The highest BCUT2D eigenvalue weighted by Gasteiger charge is 2.29. The first-order valence-electron chi connectivity index (χ1n) is 13.5. The Morgan fingerprint density at radius 1 is 1.00 bits per heavy atom. The van der Waals surface area contributed by atoms with Gasteiger partial charge in [-0.2, -0.15) is 5.10 Å². The normalized spacial score (nSPS) is 18.6. The number of aromatic nitrogens is 4. The second-order valence-corrected chi connectivity index (χ2v) is 10.2. The summed E-state index contributed by atoms with van der Waals surface area (Å²) in [5.41, 5.74) is 1.86. The Labute approximate surface area is 208 Å². The SMILES string of the molecule is CCC[C@@H](C)c1nc(N2CCCN(C(=O)C3CCCCC3)CC2)c2cnn(-c3ccccc3)c2n1. The number of amides is 1. The second kappa shape index (κ2) is 10.8. The molecule has 1 atom stereocenters. The van der Waals surface area contributed by atoms with E-state index in [1.165, 1.54) is 19.3 Å². The van der Waals surface area contributed by atoms with Crippen LogP contribution in [0.25, 0.3) is 16.7 Å². The number of fused-ring (bicyclic) bond motifs is 1. The highest BCUT2D eigenvalue weighted by Crippen LogP contribution is 2.30. The fourth-order valence-electron chi connectivity index (χ4n) is 5.65. The number of carbonyl (C=O) groups is 1. The number of para-hydroxylation sites is 1. The van der Waals surface area contributed by atoms with Crippen molar-refractivity contribution in [3.05, 3.63) is 42.4 Å². The Hall–Kier alpha value is -2.96. The lowest BCUT2D eigenvalue weighted by Crippen LogP contribution is -2.39. The number of anilines is 1. The molecule has 0 spiro atoms. The first-order chi connectivity index (χ1) is 17.2. The van der Waals surface area contributed by atoms with Crippen LogP contribution in [0.3, 0.4) is 0 Å². The van der Waals surface area contributed by atoms with Crippen LogP contribution in [0.2, 0.25) is 0 Å². The third-order valence-corrected chi connectivity index (χ3v) is 7.65. The molecule has 5 rings (SSSR count). The van der Waals surface area contributed by atoms with Crippen LogP contribution >= 0.6 is 0 Å². The Bertz CT molecular complexity index is 1140. The van der Waals surface area contributed by atoms with Gasteiger partial charge in [0.2, 0.25) is 5.91 Å². The van der Waals surface area contributed by atoms with E-state index in [1.807, 2.05) is 29.1 Å². The van der Waals surface area contributed by atoms with Crippen LogP contribution in [0.4, 0.5) is 5.82 Å². The topological polar surface area (TPSA) is 67.2 Å². The number of hydrogen-bond acceptors (Lipinski definition) is 5. The predicted octanol–water partition coefficient (Wildman–Crippen LogP) is 5.34. The largest absolute Gasteiger partial charge is 0.354 e. The lowest BCUT2D eigenvalue weighted by molar-refractivity contribution is -0.136. The van der Waals surface area contributed by atoms with Crippen LogP contribution < -0.4 is 4.90 Å². The number of carbonyl (C=O) groups excluding carboxylic acids is 1. The molecule has 0 bridgehead atoms. The summed E-state index contributed by atoms with van der Waals surface area (Å²) >= 11 is 0. The minimum atomic E-state index is 0.228. The summed E-state index contributed by atoms with van der Waals surface area (Å²) in [7, 11) is 0. The Balaban J connectivity index is 1.45. The van der Waals surface area contributed by atoms with E-state index in [1.54, 1.807) is 0 Å². The molecule has 0 unspecified atom stereocenters. The molecular formula is C28H38N6O. The molecule has 0 radical (unpaired) electrons. The van der Waals surface area contributed by atoms with Crippen LogP contribution in [0, 0.1) is 5.92 Å². The van der Waals surface area contributed by atoms with Gasteiger partial charge < -0.3 is 9.80 Å². The summed E-state index contributed by atoms with van der Waals surface area (Å²) in [4.78, 5) is 27.8. The van der Waals surface area contributed by atoms with Crippen molar-refractivity contribution < 1.29 is 4.79 Å². The van der Waals surface area contributed by atoms with Gasteiger partial charge in [0, 0.05) is 38.0 Å². The van der Waals surface area contributed by atoms with Gasteiger partial charge in [-0.05, 0) is 37.8 Å². The van der Waals surface area contributed by atoms with Crippen molar-refractivity contribution in [3.63, 3.8) is 0 Å². The molecule has 1 saturated heterocycles. The van der Waals surface area contributed by atoms with Gasteiger partial charge in [-0.25, -0.2) is 14.6 Å². The fourth-order valence-corrected chi connectivity index (χ4v) is 5.65. The zero-order valence-corrected chi connectivity index (χ0v) is 21.2. The molecule has 2 fully saturated rings. The number of nitrogens with zero attached hydrogens (tertiary/aromatic N) is 6. The molecule has 7 heteroatoms. The van der Waals surface area contributed by atoms with E-state index in [0.29, 0.717) is 5.91 Å². The maximum Gasteiger partial charge on any atom is 0.225 e. The van der Waals surface area contributed by atoms with Crippen molar-refractivity contribution >= 4 is 22.8 Å². The smallest absolute Gasteiger partial charge is 0.225 e. The van der Waals surface area contributed by atoms with Crippen LogP contribution in [0.15, 0.2) is 36.5 Å². The maximum atomic E-state index is 13.2. The minimum absolute atomic E-state index is 0.228. The summed E-state index contributed by atoms with van der Waals surface area (Å²) in [5, 5.41) is 5.70. The molecular weight excluding hydrogens is 436 g/mol. The lowest BCUT2D eigenvalue weighted by atomic mass is 9.88. The number of benzene rings is 1. The van der Waals surface area contributed by atoms with Gasteiger partial charge in [0.15, 0.2) is 5.65 Å². The summed E-state index contributed by atoms with van der Waals surface area (Å²) in [6.07, 6.45) is 10.8. The molecule has 2 aliphatic rings. The summed E-state index contributed by atoms with van der Waals surface area (Å²) < 4.78 is 1.93. The van der Waals surface area contributed by atoms with Gasteiger partial charge in [0.25, 0.3) is 0 Å². The third kappa shape index (κ3) is 5.04. The predicted molar refractivity (Wildman–Crippen MR) is 140 cm³/mol. The van der Waals surface area contributed by atoms with Crippen LogP contribution in [-0.4, -0.2) is 56.7 Å². The van der Waals surface area contributed by atoms with Crippen LogP contribution in [-0.2, 0) is 4.79 Å². The fraction of sp³-hybridized carbons (Fsp3) is 0.571. The number of hydrogen-bond donors (Lipinski definition) is 0. The van der Waals surface area contributed by atoms with Crippen LogP contribution in [0.5, 0.6) is 0 Å². The summed E-state index contributed by atoms with van der Waals surface area (Å²) in [6.45, 7) is 7.69. The van der Waals surface area contributed by atoms with Gasteiger partial charge >= 0.3 is 0 Å². The van der Waals surface area contributed by atoms with Crippen LogP contribution in [0.1, 0.15) is 77.0 Å². The monoisotopic (exact) mass is 474 g/mol. The number of rotatable bonds is 6. The van der Waals surface area contributed by atoms with Gasteiger partial charge in [0.1, 0.15) is 11.6 Å². The van der Waals surface area contributed by atoms with Gasteiger partial charge in [0.05, 0.1) is 17.3 Å². The molecule has 1 amide bonds. The Kier molecular flexibility index (Phi) is 7.30. The van der Waals surface area contributed by atoms with E-state index in [4.69, 9.17) is 15.1 Å². The summed E-state index contributed by atoms with van der Waals surface area (Å²) in [6, 6.07) is 10.2. The van der Waals surface area contributed by atoms with Crippen molar-refractivity contribution in [2.45, 2.75) is 71.1 Å². The Morgan fingerprint density at radius 3 is 2.57 bits per heavy atom. The molecule has 7 nitrogen and oxygen atoms in total. The molecule has 2 aromatic heterocycles. The van der Waals surface area contributed by atoms with Gasteiger partial charge in [-0.15, -0.1) is 0 Å². The molecule has 1 aliphatic heterocycles. The van der Waals surface area contributed by atoms with Gasteiger partial charge in [-0.1, -0.05) is 57.7 Å². The van der Waals surface area contributed by atoms with Crippen molar-refractivity contribution in [1.82, 2.24) is 24.6 Å². The maximum absolute atomic E-state index is 13.2. The first-order valence-corrected chi connectivity index (χ1v) is 13.5. The zero-order valence-electron chi connectivity index (χ0n) is 21.2. The molecule has 1 saturated carbocycles. The van der Waals surface area contributed by atoms with E-state index in [-0.39, 0.29) is 11.8 Å². The molecule has 0 N–H and O–H groups in total. The highest BCUT2D eigenvalue weighted by atomic mass is 16.2. The van der Waals surface area contributed by atoms with E-state index in [0.717, 1.165) is 86.6 Å². The molecule has 1 aromatic carbocycles. The first kappa shape index (κ1) is 23.8. The minimum Gasteiger partial charge on any atom is -0.354 e. The van der Waals surface area contributed by atoms with E-state index in [2.05, 4.69) is 35.8 Å². The molecule has 186 valence electrons. The van der Waals surface area contributed by atoms with E-state index >= 15 is 0 Å². The average Bonchev–Trinajstić information content (AvgIpc) is 3.18. The van der Waals surface area contributed by atoms with E-state index < -0.39 is 0 Å². The molecule has 1 aliphatic carbocycles. The highest BCUT2D eigenvalue weighted by molar-refractivity contribution is 5.88. The van der Waals surface area contributed by atoms with Gasteiger partial charge in [-0.3, -0.25) is 4.79 Å². The standard InChI is InChI=1S/C28H38N6O/c1-3-11-21(2)25-30-26(24-20-29-34(27(24)31-25)23-14-8-5-9-15-23)32-16-10-17-33(19-18-32)28(35)22-12-6-4-7-13-22/h5,8-9,14-15,20-22H,3-4,6-7,10-13,16-19H2,1-2H3/t21-/m1/s1. The molecule has 3 aromatic rings. The second-order valence-electron chi connectivity index (χ2n) is 10.2. The summed E-state index contributed by atoms with van der Waals surface area (Å²) in [5.74, 6) is 2.72. The third-order valence-electron chi connectivity index (χ3n) is 7.65. The van der Waals surface area contributed by atoms with Crippen molar-refractivity contribution in [3.8, 4) is 5.69 Å². The van der Waals surface area contributed by atoms with E-state index in [9.17, 15) is 4.79 Å². The Morgan fingerprint density at radius 2 is 1.80 bits per heavy atom. The lowest BCUT2D eigenvalue weighted by Gasteiger charge is -2.28.